The lowest BCUT2D eigenvalue weighted by molar-refractivity contribution is 0.0755. The van der Waals surface area contributed by atoms with Crippen molar-refractivity contribution in [3.8, 4) is 22.2 Å². The zero-order valence-corrected chi connectivity index (χ0v) is 18.5. The van der Waals surface area contributed by atoms with E-state index in [0.717, 1.165) is 24.1 Å². The van der Waals surface area contributed by atoms with E-state index in [1.807, 2.05) is 32.0 Å². The lowest BCUT2D eigenvalue weighted by Crippen LogP contribution is -2.32. The maximum absolute atomic E-state index is 13.2. The van der Waals surface area contributed by atoms with Crippen molar-refractivity contribution in [1.82, 2.24) is 20.0 Å². The topological polar surface area (TPSA) is 89.8 Å². The molecule has 2 aromatic heterocycles. The zero-order chi connectivity index (χ0) is 21.8. The van der Waals surface area contributed by atoms with Crippen molar-refractivity contribution >= 4 is 23.0 Å². The van der Waals surface area contributed by atoms with Crippen LogP contribution in [0.15, 0.2) is 41.9 Å². The number of thiazole rings is 1. The van der Waals surface area contributed by atoms with Crippen molar-refractivity contribution in [3.05, 3.63) is 52.9 Å². The largest absolute Gasteiger partial charge is 0.493 e. The van der Waals surface area contributed by atoms with Crippen molar-refractivity contribution < 1.29 is 14.3 Å². The van der Waals surface area contributed by atoms with E-state index in [2.05, 4.69) is 20.1 Å². The number of hydrogen-bond acceptors (Lipinski definition) is 8. The number of aromatic nitrogens is 3. The van der Waals surface area contributed by atoms with Crippen LogP contribution in [0.2, 0.25) is 0 Å². The van der Waals surface area contributed by atoms with E-state index in [9.17, 15) is 4.79 Å². The summed E-state index contributed by atoms with van der Waals surface area (Å²) < 4.78 is 11.1. The lowest BCUT2D eigenvalue weighted by Gasteiger charge is -2.23. The summed E-state index contributed by atoms with van der Waals surface area (Å²) in [6.45, 7) is 4.86. The van der Waals surface area contributed by atoms with E-state index in [1.54, 1.807) is 25.7 Å². The van der Waals surface area contributed by atoms with Gasteiger partial charge < -0.3 is 9.47 Å². The Bertz CT molecular complexity index is 1110. The van der Waals surface area contributed by atoms with Crippen molar-refractivity contribution in [2.24, 2.45) is 5.10 Å². The van der Waals surface area contributed by atoms with Gasteiger partial charge in [0, 0.05) is 24.5 Å². The molecule has 1 aliphatic heterocycles. The van der Waals surface area contributed by atoms with E-state index in [1.165, 1.54) is 16.3 Å². The highest BCUT2D eigenvalue weighted by Crippen LogP contribution is 2.31. The highest BCUT2D eigenvalue weighted by atomic mass is 32.1. The summed E-state index contributed by atoms with van der Waals surface area (Å²) in [5.74, 6) is 1.19. The number of carbonyl (C=O) groups is 1. The van der Waals surface area contributed by atoms with Crippen LogP contribution in [0.5, 0.6) is 11.5 Å². The Morgan fingerprint density at radius 2 is 2.13 bits per heavy atom. The molecular weight excluding hydrogens is 414 g/mol. The molecule has 1 amide bonds. The third-order valence-corrected chi connectivity index (χ3v) is 6.00. The number of methoxy groups -OCH3 is 1. The van der Waals surface area contributed by atoms with Gasteiger partial charge in [0.2, 0.25) is 0 Å². The van der Waals surface area contributed by atoms with E-state index in [4.69, 9.17) is 9.47 Å². The molecule has 31 heavy (non-hydrogen) atoms. The summed E-state index contributed by atoms with van der Waals surface area (Å²) in [7, 11) is 1.61. The average molecular weight is 438 g/mol. The SMILES string of the molecule is CCOc1cc(C2=NN(C(=O)c3sc(-c4cnccn4)nc3C)CCC2)ccc1OC. The number of amides is 1. The molecule has 3 aromatic rings. The molecule has 8 nitrogen and oxygen atoms in total. The van der Waals surface area contributed by atoms with Gasteiger partial charge in [-0.15, -0.1) is 11.3 Å². The molecular formula is C22H23N5O3S. The van der Waals surface area contributed by atoms with Crippen LogP contribution in [0.1, 0.15) is 40.7 Å². The monoisotopic (exact) mass is 437 g/mol. The summed E-state index contributed by atoms with van der Waals surface area (Å²) in [6, 6.07) is 5.72. The molecule has 1 aliphatic rings. The van der Waals surface area contributed by atoms with Crippen molar-refractivity contribution in [2.75, 3.05) is 20.3 Å². The fraction of sp³-hybridized carbons (Fsp3) is 0.318. The molecule has 4 rings (SSSR count). The highest BCUT2D eigenvalue weighted by Gasteiger charge is 2.25. The number of hydrazone groups is 1. The molecule has 1 aromatic carbocycles. The first kappa shape index (κ1) is 20.9. The number of ether oxygens (including phenoxy) is 2. The van der Waals surface area contributed by atoms with Gasteiger partial charge in [0.25, 0.3) is 5.91 Å². The third-order valence-electron chi connectivity index (χ3n) is 4.83. The summed E-state index contributed by atoms with van der Waals surface area (Å²) in [4.78, 5) is 26.7. The smallest absolute Gasteiger partial charge is 0.285 e. The van der Waals surface area contributed by atoms with Crippen LogP contribution in [-0.2, 0) is 0 Å². The summed E-state index contributed by atoms with van der Waals surface area (Å²) >= 11 is 1.31. The Morgan fingerprint density at radius 3 is 2.87 bits per heavy atom. The minimum atomic E-state index is -0.152. The van der Waals surface area contributed by atoms with Crippen LogP contribution in [0.3, 0.4) is 0 Å². The van der Waals surface area contributed by atoms with Gasteiger partial charge in [0.1, 0.15) is 15.6 Å². The maximum Gasteiger partial charge on any atom is 0.285 e. The van der Waals surface area contributed by atoms with E-state index in [-0.39, 0.29) is 5.91 Å². The van der Waals surface area contributed by atoms with Gasteiger partial charge in [0.05, 0.1) is 31.3 Å². The normalized spacial score (nSPS) is 13.6. The number of benzene rings is 1. The van der Waals surface area contributed by atoms with Crippen molar-refractivity contribution in [1.29, 1.82) is 0 Å². The zero-order valence-electron chi connectivity index (χ0n) is 17.7. The van der Waals surface area contributed by atoms with E-state index in [0.29, 0.717) is 45.9 Å². The second-order valence-electron chi connectivity index (χ2n) is 6.90. The predicted octanol–water partition coefficient (Wildman–Crippen LogP) is 3.96. The Hall–Kier alpha value is -3.33. The summed E-state index contributed by atoms with van der Waals surface area (Å²) in [6.07, 6.45) is 6.48. The number of carbonyl (C=O) groups excluding carboxylic acids is 1. The van der Waals surface area contributed by atoms with E-state index < -0.39 is 0 Å². The van der Waals surface area contributed by atoms with Gasteiger partial charge in [-0.3, -0.25) is 14.8 Å². The average Bonchev–Trinajstić information content (AvgIpc) is 3.21. The molecule has 0 spiro atoms. The van der Waals surface area contributed by atoms with Crippen LogP contribution in [0.25, 0.3) is 10.7 Å². The van der Waals surface area contributed by atoms with Gasteiger partial charge in [-0.2, -0.15) is 5.10 Å². The number of nitrogens with zero attached hydrogens (tertiary/aromatic N) is 5. The second kappa shape index (κ2) is 9.22. The van der Waals surface area contributed by atoms with Crippen LogP contribution in [0.4, 0.5) is 0 Å². The molecule has 0 atom stereocenters. The molecule has 160 valence electrons. The third kappa shape index (κ3) is 4.41. The number of aryl methyl sites for hydroxylation is 1. The Balaban J connectivity index is 1.61. The fourth-order valence-electron chi connectivity index (χ4n) is 3.35. The van der Waals surface area contributed by atoms with Crippen LogP contribution in [0, 0.1) is 6.92 Å². The van der Waals surface area contributed by atoms with Crippen LogP contribution >= 0.6 is 11.3 Å². The van der Waals surface area contributed by atoms with Gasteiger partial charge in [0.15, 0.2) is 11.5 Å². The van der Waals surface area contributed by atoms with Gasteiger partial charge in [-0.25, -0.2) is 9.99 Å². The molecule has 0 radical (unpaired) electrons. The number of rotatable bonds is 6. The Morgan fingerprint density at radius 1 is 1.26 bits per heavy atom. The molecule has 0 saturated heterocycles. The first-order valence-corrected chi connectivity index (χ1v) is 10.9. The van der Waals surface area contributed by atoms with E-state index >= 15 is 0 Å². The summed E-state index contributed by atoms with van der Waals surface area (Å²) in [5.41, 5.74) is 3.09. The Labute approximate surface area is 184 Å². The quantitative estimate of drug-likeness (QED) is 0.580. The molecule has 0 unspecified atom stereocenters. The van der Waals surface area contributed by atoms with Crippen LogP contribution in [-0.4, -0.2) is 51.8 Å². The maximum atomic E-state index is 13.2. The fourth-order valence-corrected chi connectivity index (χ4v) is 4.32. The standard InChI is InChI=1S/C22H23N5O3S/c1-4-30-19-12-15(7-8-18(19)29-3)16-6-5-11-27(26-16)22(28)20-14(2)25-21(31-20)17-13-23-9-10-24-17/h7-10,12-13H,4-6,11H2,1-3H3. The minimum absolute atomic E-state index is 0.152. The van der Waals surface area contributed by atoms with Gasteiger partial charge in [-0.1, -0.05) is 0 Å². The minimum Gasteiger partial charge on any atom is -0.493 e. The predicted molar refractivity (Wildman–Crippen MR) is 119 cm³/mol. The molecule has 0 fully saturated rings. The first-order valence-electron chi connectivity index (χ1n) is 10.0. The van der Waals surface area contributed by atoms with Crippen molar-refractivity contribution in [3.63, 3.8) is 0 Å². The molecule has 0 aliphatic carbocycles. The molecule has 3 heterocycles. The second-order valence-corrected chi connectivity index (χ2v) is 7.90. The lowest BCUT2D eigenvalue weighted by atomic mass is 10.0. The van der Waals surface area contributed by atoms with Crippen molar-refractivity contribution in [2.45, 2.75) is 26.7 Å². The highest BCUT2D eigenvalue weighted by molar-refractivity contribution is 7.17. The van der Waals surface area contributed by atoms with Gasteiger partial charge >= 0.3 is 0 Å². The van der Waals surface area contributed by atoms with Gasteiger partial charge in [-0.05, 0) is 44.9 Å². The molecule has 0 N–H and O–H groups in total. The first-order chi connectivity index (χ1) is 15.1. The molecule has 0 bridgehead atoms. The molecule has 0 saturated carbocycles. The number of hydrogen-bond donors (Lipinski definition) is 0. The summed E-state index contributed by atoms with van der Waals surface area (Å²) in [5, 5.41) is 6.87. The van der Waals surface area contributed by atoms with Crippen LogP contribution < -0.4 is 9.47 Å². The Kier molecular flexibility index (Phi) is 6.22. The molecule has 9 heteroatoms.